The Hall–Kier alpha value is -0.0800. The Bertz CT molecular complexity index is 267. The van der Waals surface area contributed by atoms with Crippen LogP contribution in [0.15, 0.2) is 24.3 Å². The van der Waals surface area contributed by atoms with E-state index in [0.717, 1.165) is 0 Å². The minimum atomic E-state index is -1.27. The van der Waals surface area contributed by atoms with Crippen LogP contribution in [0.1, 0.15) is 18.9 Å². The van der Waals surface area contributed by atoms with Crippen molar-refractivity contribution in [3.63, 3.8) is 0 Å². The molecular formula is C10H11BrClF. The zero-order valence-electron chi connectivity index (χ0n) is 7.36. The predicted molar refractivity (Wildman–Crippen MR) is 58.3 cm³/mol. The van der Waals surface area contributed by atoms with Crippen LogP contribution in [0.2, 0.25) is 5.02 Å². The number of hydrogen-bond acceptors (Lipinski definition) is 0. The summed E-state index contributed by atoms with van der Waals surface area (Å²) in [6.07, 6.45) is 0.458. The lowest BCUT2D eigenvalue weighted by atomic mass is 9.95. The summed E-state index contributed by atoms with van der Waals surface area (Å²) in [6.45, 7) is 1.83. The van der Waals surface area contributed by atoms with Gasteiger partial charge < -0.3 is 0 Å². The second-order valence-electron chi connectivity index (χ2n) is 2.96. The molecule has 0 aliphatic heterocycles. The van der Waals surface area contributed by atoms with Gasteiger partial charge in [0.2, 0.25) is 0 Å². The van der Waals surface area contributed by atoms with Gasteiger partial charge in [-0.2, -0.15) is 0 Å². The molecule has 0 fully saturated rings. The molecule has 0 saturated heterocycles. The first-order valence-electron chi connectivity index (χ1n) is 4.13. The van der Waals surface area contributed by atoms with Gasteiger partial charge in [-0.15, -0.1) is 0 Å². The van der Waals surface area contributed by atoms with Crippen LogP contribution in [0.3, 0.4) is 0 Å². The minimum absolute atomic E-state index is 0.318. The van der Waals surface area contributed by atoms with Crippen molar-refractivity contribution in [3.8, 4) is 0 Å². The third kappa shape index (κ3) is 2.44. The molecule has 0 aromatic heterocycles. The van der Waals surface area contributed by atoms with E-state index in [2.05, 4.69) is 15.9 Å². The van der Waals surface area contributed by atoms with Gasteiger partial charge in [0, 0.05) is 10.4 Å². The highest BCUT2D eigenvalue weighted by Gasteiger charge is 2.28. The average molecular weight is 266 g/mol. The summed E-state index contributed by atoms with van der Waals surface area (Å²) in [6, 6.07) is 6.88. The Labute approximate surface area is 91.2 Å². The van der Waals surface area contributed by atoms with E-state index in [1.54, 1.807) is 24.3 Å². The van der Waals surface area contributed by atoms with E-state index in [9.17, 15) is 4.39 Å². The number of alkyl halides is 2. The van der Waals surface area contributed by atoms with Crippen molar-refractivity contribution in [1.29, 1.82) is 0 Å². The number of benzene rings is 1. The molecular weight excluding hydrogens is 254 g/mol. The number of hydrogen-bond donors (Lipinski definition) is 0. The van der Waals surface area contributed by atoms with E-state index in [0.29, 0.717) is 22.3 Å². The van der Waals surface area contributed by atoms with E-state index >= 15 is 0 Å². The van der Waals surface area contributed by atoms with Crippen LogP contribution in [0.25, 0.3) is 0 Å². The maximum atomic E-state index is 14.0. The average Bonchev–Trinajstić information content (AvgIpc) is 2.18. The van der Waals surface area contributed by atoms with Gasteiger partial charge in [0.15, 0.2) is 0 Å². The molecule has 0 radical (unpaired) electrons. The van der Waals surface area contributed by atoms with Gasteiger partial charge in [0.25, 0.3) is 0 Å². The summed E-state index contributed by atoms with van der Waals surface area (Å²) in [5, 5.41) is 0.953. The van der Waals surface area contributed by atoms with Crippen molar-refractivity contribution < 1.29 is 4.39 Å². The lowest BCUT2D eigenvalue weighted by Gasteiger charge is -2.21. The molecule has 0 aliphatic rings. The molecule has 0 saturated carbocycles. The van der Waals surface area contributed by atoms with Crippen LogP contribution in [-0.4, -0.2) is 5.33 Å². The SMILES string of the molecule is CC[C@@](F)(CBr)c1ccc(Cl)cc1. The van der Waals surface area contributed by atoms with Crippen molar-refractivity contribution >= 4 is 27.5 Å². The Morgan fingerprint density at radius 3 is 2.31 bits per heavy atom. The summed E-state index contributed by atoms with van der Waals surface area (Å²) < 4.78 is 14.0. The molecule has 0 bridgehead atoms. The van der Waals surface area contributed by atoms with Crippen LogP contribution < -0.4 is 0 Å². The fraction of sp³-hybridized carbons (Fsp3) is 0.400. The summed E-state index contributed by atoms with van der Waals surface area (Å²) >= 11 is 8.89. The molecule has 0 spiro atoms. The van der Waals surface area contributed by atoms with E-state index in [-0.39, 0.29) is 0 Å². The molecule has 1 aromatic carbocycles. The van der Waals surface area contributed by atoms with Crippen LogP contribution in [-0.2, 0) is 5.67 Å². The van der Waals surface area contributed by atoms with Gasteiger partial charge in [-0.3, -0.25) is 0 Å². The van der Waals surface area contributed by atoms with Crippen LogP contribution >= 0.6 is 27.5 Å². The van der Waals surface area contributed by atoms with Gasteiger partial charge in [-0.1, -0.05) is 46.6 Å². The Kier molecular flexibility index (Phi) is 3.74. The fourth-order valence-corrected chi connectivity index (χ4v) is 1.97. The summed E-state index contributed by atoms with van der Waals surface area (Å²) in [5.41, 5.74) is -0.596. The molecule has 0 heterocycles. The molecule has 1 aromatic rings. The van der Waals surface area contributed by atoms with Gasteiger partial charge >= 0.3 is 0 Å². The molecule has 0 N–H and O–H groups in total. The summed E-state index contributed by atoms with van der Waals surface area (Å²) in [7, 11) is 0. The first-order chi connectivity index (χ1) is 6.12. The van der Waals surface area contributed by atoms with E-state index < -0.39 is 5.67 Å². The molecule has 72 valence electrons. The zero-order chi connectivity index (χ0) is 9.90. The highest BCUT2D eigenvalue weighted by atomic mass is 79.9. The van der Waals surface area contributed by atoms with Crippen LogP contribution in [0.5, 0.6) is 0 Å². The van der Waals surface area contributed by atoms with E-state index in [1.165, 1.54) is 0 Å². The summed E-state index contributed by atoms with van der Waals surface area (Å²) in [5.74, 6) is 0. The van der Waals surface area contributed by atoms with Crippen LogP contribution in [0, 0.1) is 0 Å². The molecule has 0 unspecified atom stereocenters. The minimum Gasteiger partial charge on any atom is -0.238 e. The highest BCUT2D eigenvalue weighted by molar-refractivity contribution is 9.09. The predicted octanol–water partition coefficient (Wildman–Crippen LogP) is 4.31. The second-order valence-corrected chi connectivity index (χ2v) is 3.96. The second kappa shape index (κ2) is 4.43. The Morgan fingerprint density at radius 2 is 1.92 bits per heavy atom. The van der Waals surface area contributed by atoms with Crippen molar-refractivity contribution in [2.45, 2.75) is 19.0 Å². The van der Waals surface area contributed by atoms with Gasteiger partial charge in [-0.05, 0) is 24.1 Å². The highest BCUT2D eigenvalue weighted by Crippen LogP contribution is 2.32. The Morgan fingerprint density at radius 1 is 1.38 bits per heavy atom. The number of halogens is 3. The molecule has 1 rings (SSSR count). The largest absolute Gasteiger partial charge is 0.238 e. The van der Waals surface area contributed by atoms with E-state index in [1.807, 2.05) is 6.92 Å². The fourth-order valence-electron chi connectivity index (χ4n) is 1.12. The molecule has 0 nitrogen and oxygen atoms in total. The smallest absolute Gasteiger partial charge is 0.145 e. The first-order valence-corrected chi connectivity index (χ1v) is 5.63. The van der Waals surface area contributed by atoms with Crippen molar-refractivity contribution in [1.82, 2.24) is 0 Å². The van der Waals surface area contributed by atoms with Gasteiger partial charge in [0.05, 0.1) is 0 Å². The monoisotopic (exact) mass is 264 g/mol. The zero-order valence-corrected chi connectivity index (χ0v) is 9.70. The van der Waals surface area contributed by atoms with Crippen molar-refractivity contribution in [2.75, 3.05) is 5.33 Å². The Balaban J connectivity index is 2.99. The lowest BCUT2D eigenvalue weighted by Crippen LogP contribution is -2.20. The standard InChI is InChI=1S/C10H11BrClF/c1-2-10(13,7-11)8-3-5-9(12)6-4-8/h3-6H,2,7H2,1H3/t10-/m1/s1. The van der Waals surface area contributed by atoms with Crippen molar-refractivity contribution in [3.05, 3.63) is 34.9 Å². The molecule has 3 heteroatoms. The molecule has 1 atom stereocenters. The third-order valence-electron chi connectivity index (χ3n) is 2.13. The quantitative estimate of drug-likeness (QED) is 0.715. The van der Waals surface area contributed by atoms with Crippen molar-refractivity contribution in [2.24, 2.45) is 0 Å². The van der Waals surface area contributed by atoms with E-state index in [4.69, 9.17) is 11.6 Å². The topological polar surface area (TPSA) is 0 Å². The molecule has 0 aliphatic carbocycles. The molecule has 0 amide bonds. The lowest BCUT2D eigenvalue weighted by molar-refractivity contribution is 0.194. The maximum Gasteiger partial charge on any atom is 0.145 e. The summed E-state index contributed by atoms with van der Waals surface area (Å²) in [4.78, 5) is 0. The maximum absolute atomic E-state index is 14.0. The van der Waals surface area contributed by atoms with Gasteiger partial charge in [-0.25, -0.2) is 4.39 Å². The normalized spacial score (nSPS) is 15.4. The van der Waals surface area contributed by atoms with Crippen LogP contribution in [0.4, 0.5) is 4.39 Å². The third-order valence-corrected chi connectivity index (χ3v) is 3.27. The first kappa shape index (κ1) is 11.0. The number of rotatable bonds is 3. The van der Waals surface area contributed by atoms with Gasteiger partial charge in [0.1, 0.15) is 5.67 Å². The molecule has 13 heavy (non-hydrogen) atoms.